The highest BCUT2D eigenvalue weighted by Crippen LogP contribution is 2.29. The molecule has 2 aliphatic rings. The normalized spacial score (nSPS) is 29.1. The summed E-state index contributed by atoms with van der Waals surface area (Å²) in [5, 5.41) is 3.56. The predicted octanol–water partition coefficient (Wildman–Crippen LogP) is 3.50. The molecule has 100 valence electrons. The topological polar surface area (TPSA) is 21.3 Å². The monoisotopic (exact) mass is 239 g/mol. The molecule has 2 rings (SSSR count). The Morgan fingerprint density at radius 1 is 1.06 bits per heavy atom. The van der Waals surface area contributed by atoms with Gasteiger partial charge in [0, 0.05) is 12.6 Å². The molecule has 0 aromatic carbocycles. The number of nitrogens with one attached hydrogen (secondary N) is 1. The Morgan fingerprint density at radius 3 is 2.47 bits per heavy atom. The largest absolute Gasteiger partial charge is 0.378 e. The molecular weight excluding hydrogens is 210 g/mol. The Morgan fingerprint density at radius 2 is 1.82 bits per heavy atom. The first-order chi connectivity index (χ1) is 8.40. The fourth-order valence-corrected chi connectivity index (χ4v) is 3.55. The van der Waals surface area contributed by atoms with Gasteiger partial charge in [-0.1, -0.05) is 19.3 Å². The van der Waals surface area contributed by atoms with Gasteiger partial charge < -0.3 is 10.1 Å². The molecule has 2 atom stereocenters. The highest BCUT2D eigenvalue weighted by molar-refractivity contribution is 4.79. The van der Waals surface area contributed by atoms with Crippen LogP contribution in [-0.4, -0.2) is 25.8 Å². The van der Waals surface area contributed by atoms with Gasteiger partial charge in [-0.3, -0.25) is 0 Å². The maximum absolute atomic E-state index is 5.83. The Labute approximate surface area is 107 Å². The van der Waals surface area contributed by atoms with Gasteiger partial charge in [0.1, 0.15) is 0 Å². The number of rotatable bonds is 5. The lowest BCUT2D eigenvalue weighted by atomic mass is 9.81. The van der Waals surface area contributed by atoms with E-state index in [1.54, 1.807) is 0 Å². The van der Waals surface area contributed by atoms with Gasteiger partial charge in [-0.15, -0.1) is 0 Å². The van der Waals surface area contributed by atoms with Crippen LogP contribution in [0.4, 0.5) is 0 Å². The van der Waals surface area contributed by atoms with Crippen LogP contribution in [0.1, 0.15) is 64.2 Å². The average Bonchev–Trinajstić information content (AvgIpc) is 2.42. The van der Waals surface area contributed by atoms with Crippen molar-refractivity contribution in [3.05, 3.63) is 0 Å². The predicted molar refractivity (Wildman–Crippen MR) is 72.2 cm³/mol. The lowest BCUT2D eigenvalue weighted by molar-refractivity contribution is 0.00722. The molecule has 1 aliphatic carbocycles. The summed E-state index contributed by atoms with van der Waals surface area (Å²) < 4.78 is 5.83. The minimum Gasteiger partial charge on any atom is -0.378 e. The van der Waals surface area contributed by atoms with Crippen LogP contribution in [0.25, 0.3) is 0 Å². The third kappa shape index (κ3) is 4.26. The molecule has 1 aliphatic heterocycles. The molecule has 1 saturated heterocycles. The third-order valence-corrected chi connectivity index (χ3v) is 4.66. The van der Waals surface area contributed by atoms with Crippen LogP contribution in [0.15, 0.2) is 0 Å². The van der Waals surface area contributed by atoms with Crippen LogP contribution in [0.3, 0.4) is 0 Å². The summed E-state index contributed by atoms with van der Waals surface area (Å²) in [6.07, 6.45) is 14.3. The summed E-state index contributed by atoms with van der Waals surface area (Å²) in [6.45, 7) is 0.998. The molecule has 0 radical (unpaired) electrons. The summed E-state index contributed by atoms with van der Waals surface area (Å²) >= 11 is 0. The molecule has 2 fully saturated rings. The second kappa shape index (κ2) is 7.38. The zero-order chi connectivity index (χ0) is 11.9. The molecule has 1 heterocycles. The summed E-state index contributed by atoms with van der Waals surface area (Å²) in [5.74, 6) is 0.928. The van der Waals surface area contributed by atoms with E-state index in [0.29, 0.717) is 6.10 Å². The fourth-order valence-electron chi connectivity index (χ4n) is 3.55. The van der Waals surface area contributed by atoms with E-state index in [-0.39, 0.29) is 0 Å². The van der Waals surface area contributed by atoms with Gasteiger partial charge in [-0.05, 0) is 57.9 Å². The summed E-state index contributed by atoms with van der Waals surface area (Å²) in [6, 6.07) is 0.737. The molecule has 1 saturated carbocycles. The minimum absolute atomic E-state index is 0.559. The van der Waals surface area contributed by atoms with Crippen LogP contribution < -0.4 is 5.32 Å². The Hall–Kier alpha value is -0.0800. The van der Waals surface area contributed by atoms with E-state index >= 15 is 0 Å². The van der Waals surface area contributed by atoms with Crippen molar-refractivity contribution < 1.29 is 4.74 Å². The van der Waals surface area contributed by atoms with E-state index < -0.39 is 0 Å². The van der Waals surface area contributed by atoms with Gasteiger partial charge in [0.25, 0.3) is 0 Å². The highest BCUT2D eigenvalue weighted by Gasteiger charge is 2.23. The Kier molecular flexibility index (Phi) is 5.79. The molecule has 1 N–H and O–H groups in total. The van der Waals surface area contributed by atoms with E-state index in [0.717, 1.165) is 18.6 Å². The van der Waals surface area contributed by atoms with Crippen LogP contribution in [0.2, 0.25) is 0 Å². The standard InChI is InChI=1S/C15H29NO/c1-16-15(13-7-3-2-4-8-13)11-10-14-9-5-6-12-17-14/h13-16H,2-12H2,1H3. The first-order valence-corrected chi connectivity index (χ1v) is 7.69. The second-order valence-corrected chi connectivity index (χ2v) is 5.86. The van der Waals surface area contributed by atoms with Crippen LogP contribution in [-0.2, 0) is 4.74 Å². The van der Waals surface area contributed by atoms with Crippen molar-refractivity contribution >= 4 is 0 Å². The molecule has 0 bridgehead atoms. The van der Waals surface area contributed by atoms with Gasteiger partial charge in [0.15, 0.2) is 0 Å². The van der Waals surface area contributed by atoms with E-state index in [4.69, 9.17) is 4.74 Å². The van der Waals surface area contributed by atoms with Crippen LogP contribution in [0, 0.1) is 5.92 Å². The van der Waals surface area contributed by atoms with Gasteiger partial charge in [-0.2, -0.15) is 0 Å². The third-order valence-electron chi connectivity index (χ3n) is 4.66. The summed E-state index contributed by atoms with van der Waals surface area (Å²) in [7, 11) is 2.14. The molecule has 17 heavy (non-hydrogen) atoms. The van der Waals surface area contributed by atoms with Crippen molar-refractivity contribution in [2.24, 2.45) is 5.92 Å². The lowest BCUT2D eigenvalue weighted by Crippen LogP contribution is -2.36. The van der Waals surface area contributed by atoms with Crippen molar-refractivity contribution in [2.45, 2.75) is 76.4 Å². The van der Waals surface area contributed by atoms with Crippen LogP contribution >= 0.6 is 0 Å². The molecule has 0 aromatic rings. The molecular formula is C15H29NO. The SMILES string of the molecule is CNC(CCC1CCCCO1)C1CCCCC1. The first-order valence-electron chi connectivity index (χ1n) is 7.69. The van der Waals surface area contributed by atoms with Crippen molar-refractivity contribution in [1.29, 1.82) is 0 Å². The zero-order valence-corrected chi connectivity index (χ0v) is 11.4. The average molecular weight is 239 g/mol. The first kappa shape index (κ1) is 13.4. The molecule has 2 nitrogen and oxygen atoms in total. The molecule has 0 amide bonds. The number of hydrogen-bond donors (Lipinski definition) is 1. The molecule has 0 aromatic heterocycles. The number of hydrogen-bond acceptors (Lipinski definition) is 2. The van der Waals surface area contributed by atoms with Gasteiger partial charge in [-0.25, -0.2) is 0 Å². The molecule has 0 spiro atoms. The fraction of sp³-hybridized carbons (Fsp3) is 1.00. The molecule has 2 heteroatoms. The minimum atomic E-state index is 0.559. The highest BCUT2D eigenvalue weighted by atomic mass is 16.5. The quantitative estimate of drug-likeness (QED) is 0.793. The summed E-state index contributed by atoms with van der Waals surface area (Å²) in [5.41, 5.74) is 0. The Bertz CT molecular complexity index is 195. The maximum atomic E-state index is 5.83. The van der Waals surface area contributed by atoms with E-state index in [1.165, 1.54) is 64.2 Å². The Balaban J connectivity index is 1.70. The summed E-state index contributed by atoms with van der Waals surface area (Å²) in [4.78, 5) is 0. The van der Waals surface area contributed by atoms with Gasteiger partial charge in [0.05, 0.1) is 6.10 Å². The van der Waals surface area contributed by atoms with Gasteiger partial charge >= 0.3 is 0 Å². The maximum Gasteiger partial charge on any atom is 0.0575 e. The second-order valence-electron chi connectivity index (χ2n) is 5.86. The van der Waals surface area contributed by atoms with E-state index in [1.807, 2.05) is 0 Å². The van der Waals surface area contributed by atoms with Crippen molar-refractivity contribution in [1.82, 2.24) is 5.32 Å². The van der Waals surface area contributed by atoms with Crippen molar-refractivity contribution in [3.8, 4) is 0 Å². The smallest absolute Gasteiger partial charge is 0.0575 e. The van der Waals surface area contributed by atoms with Crippen molar-refractivity contribution in [3.63, 3.8) is 0 Å². The molecule has 2 unspecified atom stereocenters. The van der Waals surface area contributed by atoms with Gasteiger partial charge in [0.2, 0.25) is 0 Å². The van der Waals surface area contributed by atoms with Crippen LogP contribution in [0.5, 0.6) is 0 Å². The van der Waals surface area contributed by atoms with E-state index in [9.17, 15) is 0 Å². The lowest BCUT2D eigenvalue weighted by Gasteiger charge is -2.31. The zero-order valence-electron chi connectivity index (χ0n) is 11.4. The van der Waals surface area contributed by atoms with E-state index in [2.05, 4.69) is 12.4 Å². The van der Waals surface area contributed by atoms with Crippen molar-refractivity contribution in [2.75, 3.05) is 13.7 Å². The number of ether oxygens (including phenoxy) is 1.